The molecule has 0 saturated carbocycles. The van der Waals surface area contributed by atoms with Gasteiger partial charge in [-0.15, -0.1) is 0 Å². The maximum absolute atomic E-state index is 6.33. The van der Waals surface area contributed by atoms with Crippen LogP contribution in [0.3, 0.4) is 0 Å². The van der Waals surface area contributed by atoms with E-state index in [1.807, 2.05) is 18.2 Å². The number of benzene rings is 22. The largest absolute Gasteiger partial charge is 0.456 e. The fraction of sp³-hybridized carbons (Fsp3) is 0.0294. The Kier molecular flexibility index (Phi) is 19.2. The number of rotatable bonds is 14. The van der Waals surface area contributed by atoms with E-state index in [4.69, 9.17) is 8.83 Å². The molecule has 0 atom stereocenters. The number of hydrogen-bond acceptors (Lipinski definition) is 4. The van der Waals surface area contributed by atoms with Crippen molar-refractivity contribution >= 4 is 78.0 Å². The van der Waals surface area contributed by atoms with Crippen molar-refractivity contribution in [2.24, 2.45) is 0 Å². The lowest BCUT2D eigenvalue weighted by Gasteiger charge is -2.50. The van der Waals surface area contributed by atoms with Gasteiger partial charge in [0.1, 0.15) is 22.3 Å². The number of anilines is 6. The zero-order valence-corrected chi connectivity index (χ0v) is 76.7. The fourth-order valence-electron chi connectivity index (χ4n) is 24.7. The second-order valence-electron chi connectivity index (χ2n) is 37.4. The summed E-state index contributed by atoms with van der Waals surface area (Å²) in [6.07, 6.45) is 0. The van der Waals surface area contributed by atoms with Crippen LogP contribution >= 0.6 is 0 Å². The molecule has 4 nitrogen and oxygen atoms in total. The average molecular weight is 1780 g/mol. The maximum Gasteiger partial charge on any atom is 0.136 e. The monoisotopic (exact) mass is 1780 g/mol. The highest BCUT2D eigenvalue weighted by Crippen LogP contribution is 2.68. The summed E-state index contributed by atoms with van der Waals surface area (Å²) >= 11 is 0. The molecule has 0 radical (unpaired) electrons. The molecule has 22 aromatic carbocycles. The first-order valence-electron chi connectivity index (χ1n) is 48.5. The van der Waals surface area contributed by atoms with Crippen LogP contribution in [-0.2, 0) is 21.7 Å². The van der Waals surface area contributed by atoms with Crippen molar-refractivity contribution in [2.75, 3.05) is 9.80 Å². The zero-order chi connectivity index (χ0) is 92.5. The quantitative estimate of drug-likeness (QED) is 0.109. The molecule has 0 unspecified atom stereocenters. The molecule has 28 rings (SSSR count). The highest BCUT2D eigenvalue weighted by atomic mass is 16.3. The van der Waals surface area contributed by atoms with E-state index < -0.39 is 21.7 Å². The van der Waals surface area contributed by atoms with Crippen molar-refractivity contribution in [2.45, 2.75) is 21.7 Å². The zero-order valence-electron chi connectivity index (χ0n) is 76.7. The summed E-state index contributed by atoms with van der Waals surface area (Å²) in [5.41, 5.74) is 42.6. The Balaban J connectivity index is 0.000000141. The van der Waals surface area contributed by atoms with E-state index in [-0.39, 0.29) is 0 Å². The van der Waals surface area contributed by atoms with E-state index >= 15 is 0 Å². The molecule has 0 fully saturated rings. The van der Waals surface area contributed by atoms with Gasteiger partial charge in [-0.2, -0.15) is 0 Å². The Morgan fingerprint density at radius 2 is 0.393 bits per heavy atom. The molecule has 0 saturated heterocycles. The van der Waals surface area contributed by atoms with Gasteiger partial charge >= 0.3 is 0 Å². The molecule has 2 aromatic heterocycles. The third-order valence-corrected chi connectivity index (χ3v) is 30.5. The van der Waals surface area contributed by atoms with Gasteiger partial charge in [-0.25, -0.2) is 0 Å². The predicted octanol–water partition coefficient (Wildman–Crippen LogP) is 34.9. The molecule has 0 bridgehead atoms. The van der Waals surface area contributed by atoms with Gasteiger partial charge in [0.25, 0.3) is 0 Å². The van der Waals surface area contributed by atoms with Crippen molar-refractivity contribution < 1.29 is 8.83 Å². The Morgan fingerprint density at radius 1 is 0.136 bits per heavy atom. The smallest absolute Gasteiger partial charge is 0.136 e. The van der Waals surface area contributed by atoms with Gasteiger partial charge < -0.3 is 18.6 Å². The minimum atomic E-state index is -0.624. The summed E-state index contributed by atoms with van der Waals surface area (Å²) in [6, 6.07) is 201. The van der Waals surface area contributed by atoms with Gasteiger partial charge in [0.2, 0.25) is 0 Å². The minimum Gasteiger partial charge on any atom is -0.456 e. The summed E-state index contributed by atoms with van der Waals surface area (Å²) in [4.78, 5) is 4.86. The molecule has 24 aromatic rings. The first-order valence-corrected chi connectivity index (χ1v) is 48.5. The van der Waals surface area contributed by atoms with E-state index in [9.17, 15) is 0 Å². The minimum absolute atomic E-state index is 0.570. The van der Waals surface area contributed by atoms with E-state index in [0.717, 1.165) is 100 Å². The molecule has 140 heavy (non-hydrogen) atoms. The van der Waals surface area contributed by atoms with Crippen LogP contribution in [0.15, 0.2) is 555 Å². The van der Waals surface area contributed by atoms with E-state index in [1.165, 1.54) is 134 Å². The SMILES string of the molecule is c1ccc(-c2ccc(N(c3ccc(-c4ccc5c(c4)oc4ccccc45)cc3)c3ccc4c(c3)C3(c5ccccc5-4)c4ccccc4C(c4ccccc4)(c4ccccc4)c4ccccc43)cc2)cc1.c1ccc(-c2ccc(N(c3ccc(-c4cccc5oc6ccccc6c45)cc3)c3ccc4c(c3)C3(c5ccccc5-4)c4ccccc4C(c4ccccc4)(c4ccccc4)c4ccccc43)cc2)cc1. The van der Waals surface area contributed by atoms with Gasteiger partial charge in [0, 0.05) is 55.7 Å². The lowest BCUT2D eigenvalue weighted by atomic mass is 9.51. The highest BCUT2D eigenvalue weighted by Gasteiger charge is 2.59. The fourth-order valence-corrected chi connectivity index (χ4v) is 24.7. The van der Waals surface area contributed by atoms with Gasteiger partial charge in [0.05, 0.1) is 21.7 Å². The van der Waals surface area contributed by atoms with Crippen LogP contribution in [0.4, 0.5) is 34.1 Å². The number of furan rings is 2. The summed E-state index contributed by atoms with van der Waals surface area (Å²) in [5.74, 6) is 0. The van der Waals surface area contributed by atoms with Gasteiger partial charge in [-0.1, -0.05) is 443 Å². The molecule has 4 aliphatic carbocycles. The third-order valence-electron chi connectivity index (χ3n) is 30.5. The van der Waals surface area contributed by atoms with Crippen molar-refractivity contribution in [3.05, 3.63) is 635 Å². The normalized spacial score (nSPS) is 13.7. The lowest BCUT2D eigenvalue weighted by molar-refractivity contribution is 0.623. The Bertz CT molecular complexity index is 8720. The second-order valence-corrected chi connectivity index (χ2v) is 37.4. The van der Waals surface area contributed by atoms with Gasteiger partial charge in [0.15, 0.2) is 0 Å². The van der Waals surface area contributed by atoms with Gasteiger partial charge in [-0.3, -0.25) is 0 Å². The number of fused-ring (bicyclic) bond motifs is 24. The number of hydrogen-bond donors (Lipinski definition) is 0. The van der Waals surface area contributed by atoms with Crippen LogP contribution in [0.5, 0.6) is 0 Å². The van der Waals surface area contributed by atoms with Crippen LogP contribution in [0.1, 0.15) is 89.0 Å². The van der Waals surface area contributed by atoms with Gasteiger partial charge in [-0.05, 0) is 259 Å². The van der Waals surface area contributed by atoms with E-state index in [0.29, 0.717) is 0 Å². The van der Waals surface area contributed by atoms with Crippen LogP contribution in [0.25, 0.3) is 111 Å². The van der Waals surface area contributed by atoms with Crippen molar-refractivity contribution in [1.29, 1.82) is 0 Å². The molecule has 4 heteroatoms. The average Bonchev–Trinajstić information content (AvgIpc) is 1.39. The standard InChI is InChI=1S/2C68H45NO/c1-4-19-46(20-5-1)47-35-39-51(40-36-47)69(52-41-37-48(38-42-52)54-27-18-34-65-66(54)57-26-11-17-33-64(57)70-65)53-43-44-56-55-25-10-12-28-58(55)68(63(56)45-53)61-31-15-13-29-59(61)67(49-21-6-2-7-22-49,50-23-8-3-9-24-50)60-30-14-16-32-62(60)68;1-4-18-46(19-5-1)47-32-37-52(38-33-47)69(53-39-34-48(35-40-53)49-36-42-58-57-25-11-17-31-65(57)70-66(58)44-49)54-41-43-56-55-24-10-12-26-59(55)68(64(56)45-54)62-29-15-13-27-60(62)67(50-20-6-2-7-21-50,51-22-8-3-9-23-51)61-28-14-16-30-63(61)68/h2*1-45H. The lowest BCUT2D eigenvalue weighted by Crippen LogP contribution is -2.44. The molecule has 0 amide bonds. The predicted molar refractivity (Wildman–Crippen MR) is 577 cm³/mol. The molecule has 2 spiro atoms. The van der Waals surface area contributed by atoms with E-state index in [2.05, 4.69) is 538 Å². The third kappa shape index (κ3) is 12.4. The van der Waals surface area contributed by atoms with E-state index in [1.54, 1.807) is 0 Å². The summed E-state index contributed by atoms with van der Waals surface area (Å²) < 4.78 is 12.7. The molecular formula is C136H90N2O2. The van der Waals surface area contributed by atoms with Crippen LogP contribution in [-0.4, -0.2) is 0 Å². The molecular weight excluding hydrogens is 1690 g/mol. The van der Waals surface area contributed by atoms with Crippen LogP contribution in [0, 0.1) is 0 Å². The molecule has 0 N–H and O–H groups in total. The van der Waals surface area contributed by atoms with Crippen LogP contribution in [0.2, 0.25) is 0 Å². The Morgan fingerprint density at radius 3 is 0.786 bits per heavy atom. The van der Waals surface area contributed by atoms with Crippen molar-refractivity contribution in [3.63, 3.8) is 0 Å². The summed E-state index contributed by atoms with van der Waals surface area (Å²) in [7, 11) is 0. The number of para-hydroxylation sites is 2. The first kappa shape index (κ1) is 81.6. The number of nitrogens with zero attached hydrogens (tertiary/aromatic N) is 2. The Hall–Kier alpha value is -18.0. The highest BCUT2D eigenvalue weighted by molar-refractivity contribution is 6.13. The molecule has 4 aliphatic rings. The van der Waals surface area contributed by atoms with Crippen LogP contribution < -0.4 is 9.80 Å². The van der Waals surface area contributed by atoms with Crippen molar-refractivity contribution in [3.8, 4) is 66.8 Å². The van der Waals surface area contributed by atoms with Crippen molar-refractivity contribution in [1.82, 2.24) is 0 Å². The summed E-state index contributed by atoms with van der Waals surface area (Å²) in [5, 5.41) is 4.53. The summed E-state index contributed by atoms with van der Waals surface area (Å²) in [6.45, 7) is 0. The topological polar surface area (TPSA) is 32.8 Å². The molecule has 2 heterocycles. The molecule has 656 valence electrons. The Labute approximate surface area is 814 Å². The maximum atomic E-state index is 6.33. The molecule has 0 aliphatic heterocycles. The first-order chi connectivity index (χ1) is 69.4. The second kappa shape index (κ2) is 33.0.